The Balaban J connectivity index is 2.34. The lowest BCUT2D eigenvalue weighted by Crippen LogP contribution is -1.95. The number of halogens is 1. The van der Waals surface area contributed by atoms with Crippen molar-refractivity contribution < 1.29 is 4.52 Å². The fourth-order valence-corrected chi connectivity index (χ4v) is 2.29. The molecule has 2 aromatic rings. The maximum Gasteiger partial charge on any atom is 0.230 e. The van der Waals surface area contributed by atoms with E-state index in [0.29, 0.717) is 11.8 Å². The molecule has 2 rings (SSSR count). The van der Waals surface area contributed by atoms with Gasteiger partial charge in [-0.3, -0.25) is 0 Å². The fourth-order valence-electron chi connectivity index (χ4n) is 1.89. The average Bonchev–Trinajstić information content (AvgIpc) is 2.68. The summed E-state index contributed by atoms with van der Waals surface area (Å²) in [6.07, 6.45) is 1.97. The highest BCUT2D eigenvalue weighted by Crippen LogP contribution is 2.32. The summed E-state index contributed by atoms with van der Waals surface area (Å²) in [6, 6.07) is 8.02. The second-order valence-corrected chi connectivity index (χ2v) is 5.73. The number of nitrogens with two attached hydrogens (primary N) is 1. The Morgan fingerprint density at radius 2 is 2.17 bits per heavy atom. The molecule has 0 saturated carbocycles. The van der Waals surface area contributed by atoms with E-state index >= 15 is 0 Å². The van der Waals surface area contributed by atoms with Gasteiger partial charge in [0, 0.05) is 4.47 Å². The molecule has 0 radical (unpaired) electrons. The number of hydrogen-bond donors (Lipinski definition) is 1. The third-order valence-corrected chi connectivity index (χ3v) is 3.35. The summed E-state index contributed by atoms with van der Waals surface area (Å²) in [5.41, 5.74) is 8.80. The van der Waals surface area contributed by atoms with Crippen LogP contribution < -0.4 is 5.73 Å². The summed E-state index contributed by atoms with van der Waals surface area (Å²) in [5, 5.41) is 4.08. The lowest BCUT2D eigenvalue weighted by Gasteiger charge is -2.05. The second kappa shape index (κ2) is 5.57. The minimum Gasteiger partial charge on any atom is -0.367 e. The van der Waals surface area contributed by atoms with E-state index < -0.39 is 0 Å². The zero-order valence-corrected chi connectivity index (χ0v) is 12.2. The van der Waals surface area contributed by atoms with Crippen molar-refractivity contribution >= 4 is 21.8 Å². The molecule has 3 nitrogen and oxygen atoms in total. The highest BCUT2D eigenvalue weighted by molar-refractivity contribution is 9.10. The van der Waals surface area contributed by atoms with Crippen LogP contribution in [0, 0.1) is 5.92 Å². The number of nitrogens with zero attached hydrogens (tertiary/aromatic N) is 1. The van der Waals surface area contributed by atoms with E-state index in [0.717, 1.165) is 34.1 Å². The predicted molar refractivity (Wildman–Crippen MR) is 77.2 cm³/mol. The summed E-state index contributed by atoms with van der Waals surface area (Å²) in [4.78, 5) is 0. The summed E-state index contributed by atoms with van der Waals surface area (Å²) >= 11 is 3.47. The lowest BCUT2D eigenvalue weighted by atomic mass is 10.00. The molecule has 1 heterocycles. The van der Waals surface area contributed by atoms with Crippen molar-refractivity contribution in [2.75, 3.05) is 5.73 Å². The molecule has 1 aromatic carbocycles. The molecule has 2 N–H and O–H groups in total. The lowest BCUT2D eigenvalue weighted by molar-refractivity contribution is 0.423. The van der Waals surface area contributed by atoms with Gasteiger partial charge in [0.2, 0.25) is 5.88 Å². The first-order valence-corrected chi connectivity index (χ1v) is 6.87. The Labute approximate surface area is 115 Å². The van der Waals surface area contributed by atoms with Crippen molar-refractivity contribution in [2.45, 2.75) is 26.7 Å². The minimum absolute atomic E-state index is 0.395. The largest absolute Gasteiger partial charge is 0.367 e. The highest BCUT2D eigenvalue weighted by atomic mass is 79.9. The molecule has 0 saturated heterocycles. The van der Waals surface area contributed by atoms with Crippen LogP contribution in [0.25, 0.3) is 11.1 Å². The maximum atomic E-state index is 5.89. The van der Waals surface area contributed by atoms with Crippen molar-refractivity contribution in [3.05, 3.63) is 34.4 Å². The summed E-state index contributed by atoms with van der Waals surface area (Å²) in [5.74, 6) is 1.03. The number of aromatic nitrogens is 1. The monoisotopic (exact) mass is 308 g/mol. The van der Waals surface area contributed by atoms with E-state index in [1.165, 1.54) is 0 Å². The molecule has 0 fully saturated rings. The van der Waals surface area contributed by atoms with Crippen LogP contribution in [-0.2, 0) is 6.42 Å². The molecule has 0 unspecified atom stereocenters. The summed E-state index contributed by atoms with van der Waals surface area (Å²) < 4.78 is 6.16. The van der Waals surface area contributed by atoms with Crippen LogP contribution in [0.4, 0.5) is 5.88 Å². The second-order valence-electron chi connectivity index (χ2n) is 4.81. The van der Waals surface area contributed by atoms with Crippen LogP contribution in [0.1, 0.15) is 26.0 Å². The maximum absolute atomic E-state index is 5.89. The molecule has 0 aliphatic rings. The Morgan fingerprint density at radius 3 is 2.83 bits per heavy atom. The average molecular weight is 309 g/mol. The fraction of sp³-hybridized carbons (Fsp3) is 0.357. The molecule has 1 aromatic heterocycles. The van der Waals surface area contributed by atoms with Gasteiger partial charge >= 0.3 is 0 Å². The molecule has 4 heteroatoms. The van der Waals surface area contributed by atoms with E-state index in [-0.39, 0.29) is 0 Å². The number of anilines is 1. The Morgan fingerprint density at radius 1 is 1.39 bits per heavy atom. The number of benzene rings is 1. The van der Waals surface area contributed by atoms with Gasteiger partial charge in [0.15, 0.2) is 0 Å². The smallest absolute Gasteiger partial charge is 0.230 e. The van der Waals surface area contributed by atoms with Crippen LogP contribution >= 0.6 is 15.9 Å². The summed E-state index contributed by atoms with van der Waals surface area (Å²) in [6.45, 7) is 4.39. The standard InChI is InChI=1S/C14H17BrN2O/c1-9(2)6-7-12-13(14(16)18-17-12)10-4-3-5-11(15)8-10/h3-5,8-9H,6-7,16H2,1-2H3. The van der Waals surface area contributed by atoms with Gasteiger partial charge < -0.3 is 10.3 Å². The van der Waals surface area contributed by atoms with Crippen molar-refractivity contribution in [1.82, 2.24) is 5.16 Å². The van der Waals surface area contributed by atoms with Gasteiger partial charge in [-0.1, -0.05) is 47.1 Å². The number of aryl methyl sites for hydroxylation is 1. The first-order valence-electron chi connectivity index (χ1n) is 6.08. The molecule has 0 amide bonds. The van der Waals surface area contributed by atoms with E-state index in [1.54, 1.807) is 0 Å². The van der Waals surface area contributed by atoms with E-state index in [4.69, 9.17) is 10.3 Å². The molecular formula is C14H17BrN2O. The molecule has 0 atom stereocenters. The molecular weight excluding hydrogens is 292 g/mol. The van der Waals surface area contributed by atoms with E-state index in [9.17, 15) is 0 Å². The first-order chi connectivity index (χ1) is 8.58. The van der Waals surface area contributed by atoms with Gasteiger partial charge in [0.05, 0.1) is 11.3 Å². The molecule has 0 bridgehead atoms. The summed E-state index contributed by atoms with van der Waals surface area (Å²) in [7, 11) is 0. The molecule has 18 heavy (non-hydrogen) atoms. The van der Waals surface area contributed by atoms with Gasteiger partial charge in [-0.05, 0) is 36.5 Å². The van der Waals surface area contributed by atoms with E-state index in [2.05, 4.69) is 34.9 Å². The zero-order chi connectivity index (χ0) is 13.1. The van der Waals surface area contributed by atoms with Crippen LogP contribution in [0.15, 0.2) is 33.3 Å². The Bertz CT molecular complexity index is 534. The molecule has 0 spiro atoms. The van der Waals surface area contributed by atoms with Crippen LogP contribution in [0.3, 0.4) is 0 Å². The zero-order valence-electron chi connectivity index (χ0n) is 10.6. The first kappa shape index (κ1) is 13.1. The van der Waals surface area contributed by atoms with Crippen LogP contribution in [-0.4, -0.2) is 5.16 Å². The van der Waals surface area contributed by atoms with Crippen molar-refractivity contribution in [3.8, 4) is 11.1 Å². The highest BCUT2D eigenvalue weighted by Gasteiger charge is 2.15. The van der Waals surface area contributed by atoms with Gasteiger partial charge in [0.1, 0.15) is 0 Å². The van der Waals surface area contributed by atoms with Crippen molar-refractivity contribution in [2.24, 2.45) is 5.92 Å². The van der Waals surface area contributed by atoms with Gasteiger partial charge in [0.25, 0.3) is 0 Å². The SMILES string of the molecule is CC(C)CCc1noc(N)c1-c1cccc(Br)c1. The van der Waals surface area contributed by atoms with Crippen molar-refractivity contribution in [1.29, 1.82) is 0 Å². The quantitative estimate of drug-likeness (QED) is 0.917. The van der Waals surface area contributed by atoms with Gasteiger partial charge in [-0.15, -0.1) is 0 Å². The predicted octanol–water partition coefficient (Wildman–Crippen LogP) is 4.27. The number of rotatable bonds is 4. The number of hydrogen-bond acceptors (Lipinski definition) is 3. The third kappa shape index (κ3) is 2.93. The van der Waals surface area contributed by atoms with E-state index in [1.807, 2.05) is 24.3 Å². The van der Waals surface area contributed by atoms with Crippen LogP contribution in [0.5, 0.6) is 0 Å². The van der Waals surface area contributed by atoms with Gasteiger partial charge in [-0.2, -0.15) is 0 Å². The Kier molecular flexibility index (Phi) is 4.07. The van der Waals surface area contributed by atoms with Crippen LogP contribution in [0.2, 0.25) is 0 Å². The molecule has 0 aliphatic heterocycles. The Hall–Kier alpha value is -1.29. The normalized spacial score (nSPS) is 11.1. The van der Waals surface area contributed by atoms with Crippen molar-refractivity contribution in [3.63, 3.8) is 0 Å². The molecule has 96 valence electrons. The minimum atomic E-state index is 0.395. The third-order valence-electron chi connectivity index (χ3n) is 2.86. The topological polar surface area (TPSA) is 52.0 Å². The van der Waals surface area contributed by atoms with Gasteiger partial charge in [-0.25, -0.2) is 0 Å². The number of nitrogen functional groups attached to an aromatic ring is 1. The molecule has 0 aliphatic carbocycles.